The molecule has 2 N–H and O–H groups in total. The summed E-state index contributed by atoms with van der Waals surface area (Å²) in [6.07, 6.45) is 1.11. The Hall–Kier alpha value is -2.44. The summed E-state index contributed by atoms with van der Waals surface area (Å²) in [5.74, 6) is 0.701. The fourth-order valence-corrected chi connectivity index (χ4v) is 4.33. The summed E-state index contributed by atoms with van der Waals surface area (Å²) in [5.41, 5.74) is 3.69. The van der Waals surface area contributed by atoms with Gasteiger partial charge in [-0.1, -0.05) is 24.3 Å². The molecule has 0 spiro atoms. The summed E-state index contributed by atoms with van der Waals surface area (Å²) in [7, 11) is 0. The Bertz CT molecular complexity index is 928. The first-order valence-corrected chi connectivity index (χ1v) is 9.67. The molecule has 0 bridgehead atoms. The second-order valence-corrected chi connectivity index (χ2v) is 7.60. The maximum absolute atomic E-state index is 13.4. The number of aromatic amines is 1. The monoisotopic (exact) mass is 365 g/mol. The second kappa shape index (κ2) is 6.94. The fourth-order valence-electron chi connectivity index (χ4n) is 4.33. The van der Waals surface area contributed by atoms with Crippen molar-refractivity contribution in [2.24, 2.45) is 0 Å². The van der Waals surface area contributed by atoms with Gasteiger partial charge in [-0.3, -0.25) is 10.00 Å². The molecule has 1 saturated heterocycles. The molecule has 0 radical (unpaired) electrons. The van der Waals surface area contributed by atoms with Gasteiger partial charge in [0.15, 0.2) is 5.82 Å². The minimum absolute atomic E-state index is 0.234. The maximum Gasteiger partial charge on any atom is 0.158 e. The van der Waals surface area contributed by atoms with Crippen LogP contribution in [0, 0.1) is 5.82 Å². The van der Waals surface area contributed by atoms with E-state index in [4.69, 9.17) is 0 Å². The van der Waals surface area contributed by atoms with Gasteiger partial charge in [0.25, 0.3) is 0 Å². The highest BCUT2D eigenvalue weighted by atomic mass is 19.1. The quantitative estimate of drug-likeness (QED) is 0.746. The van der Waals surface area contributed by atoms with Crippen LogP contribution in [0.5, 0.6) is 0 Å². The van der Waals surface area contributed by atoms with Crippen LogP contribution in [0.25, 0.3) is 10.9 Å². The van der Waals surface area contributed by atoms with Crippen LogP contribution in [0.1, 0.15) is 17.5 Å². The highest BCUT2D eigenvalue weighted by molar-refractivity contribution is 5.90. The van der Waals surface area contributed by atoms with E-state index in [2.05, 4.69) is 49.6 Å². The zero-order valence-electron chi connectivity index (χ0n) is 15.3. The number of nitrogens with one attached hydrogen (secondary N) is 2. The van der Waals surface area contributed by atoms with Gasteiger partial charge < -0.3 is 10.2 Å². The van der Waals surface area contributed by atoms with Crippen LogP contribution in [0.3, 0.4) is 0 Å². The molecule has 1 atom stereocenters. The van der Waals surface area contributed by atoms with Gasteiger partial charge >= 0.3 is 0 Å². The molecule has 1 fully saturated rings. The number of piperazine rings is 1. The lowest BCUT2D eigenvalue weighted by Crippen LogP contribution is -2.51. The van der Waals surface area contributed by atoms with Gasteiger partial charge in [0.1, 0.15) is 5.82 Å². The average molecular weight is 365 g/mol. The minimum atomic E-state index is -0.234. The van der Waals surface area contributed by atoms with Crippen molar-refractivity contribution >= 4 is 16.7 Å². The Labute approximate surface area is 158 Å². The predicted octanol–water partition coefficient (Wildman–Crippen LogP) is 2.89. The van der Waals surface area contributed by atoms with Crippen molar-refractivity contribution < 1.29 is 4.39 Å². The van der Waals surface area contributed by atoms with Crippen molar-refractivity contribution in [3.8, 4) is 0 Å². The van der Waals surface area contributed by atoms with Crippen LogP contribution in [0.2, 0.25) is 0 Å². The van der Waals surface area contributed by atoms with Crippen molar-refractivity contribution in [1.82, 2.24) is 20.4 Å². The van der Waals surface area contributed by atoms with E-state index in [1.54, 1.807) is 0 Å². The van der Waals surface area contributed by atoms with E-state index in [-0.39, 0.29) is 5.82 Å². The van der Waals surface area contributed by atoms with E-state index in [1.807, 2.05) is 6.07 Å². The minimum Gasteiger partial charge on any atom is -0.352 e. The van der Waals surface area contributed by atoms with Gasteiger partial charge in [-0.25, -0.2) is 4.39 Å². The van der Waals surface area contributed by atoms with Crippen LogP contribution in [-0.4, -0.2) is 47.3 Å². The first-order chi connectivity index (χ1) is 13.3. The first-order valence-electron chi connectivity index (χ1n) is 9.67. The third-order valence-electron chi connectivity index (χ3n) is 5.76. The van der Waals surface area contributed by atoms with Crippen molar-refractivity contribution in [1.29, 1.82) is 0 Å². The molecule has 140 valence electrons. The third kappa shape index (κ3) is 3.31. The number of fused-ring (bicyclic) bond motifs is 2. The second-order valence-electron chi connectivity index (χ2n) is 7.60. The van der Waals surface area contributed by atoms with E-state index < -0.39 is 0 Å². The van der Waals surface area contributed by atoms with E-state index in [1.165, 1.54) is 23.3 Å². The zero-order valence-corrected chi connectivity index (χ0v) is 15.3. The SMILES string of the molecule is Fc1ccc2c(N3CCNC(CCN4Cc5ccccc5C4)C3)n[nH]c2c1. The fraction of sp³-hybridized carbons (Fsp3) is 0.381. The van der Waals surface area contributed by atoms with Crippen LogP contribution >= 0.6 is 0 Å². The maximum atomic E-state index is 13.4. The Morgan fingerprint density at radius 3 is 2.74 bits per heavy atom. The molecule has 2 aliphatic heterocycles. The molecule has 2 aromatic carbocycles. The number of rotatable bonds is 4. The zero-order chi connectivity index (χ0) is 18.2. The molecule has 5 rings (SSSR count). The summed E-state index contributed by atoms with van der Waals surface area (Å²) in [6, 6.07) is 14.0. The molecule has 5 nitrogen and oxygen atoms in total. The first kappa shape index (κ1) is 16.7. The number of benzene rings is 2. The van der Waals surface area contributed by atoms with E-state index in [0.717, 1.165) is 62.4 Å². The Morgan fingerprint density at radius 1 is 1.11 bits per heavy atom. The summed E-state index contributed by atoms with van der Waals surface area (Å²) < 4.78 is 13.4. The number of anilines is 1. The highest BCUT2D eigenvalue weighted by Crippen LogP contribution is 2.26. The predicted molar refractivity (Wildman–Crippen MR) is 105 cm³/mol. The Balaban J connectivity index is 1.22. The number of hydrogen-bond donors (Lipinski definition) is 2. The molecule has 0 aliphatic carbocycles. The lowest BCUT2D eigenvalue weighted by Gasteiger charge is -2.34. The summed E-state index contributed by atoms with van der Waals surface area (Å²) in [4.78, 5) is 4.84. The Morgan fingerprint density at radius 2 is 1.93 bits per heavy atom. The smallest absolute Gasteiger partial charge is 0.158 e. The van der Waals surface area contributed by atoms with Crippen LogP contribution < -0.4 is 10.2 Å². The average Bonchev–Trinajstić information content (AvgIpc) is 3.29. The molecule has 3 heterocycles. The molecule has 0 saturated carbocycles. The molecule has 1 unspecified atom stereocenters. The largest absolute Gasteiger partial charge is 0.352 e. The van der Waals surface area contributed by atoms with Gasteiger partial charge in [0.2, 0.25) is 0 Å². The number of hydrogen-bond acceptors (Lipinski definition) is 4. The van der Waals surface area contributed by atoms with Gasteiger partial charge in [-0.15, -0.1) is 0 Å². The van der Waals surface area contributed by atoms with Gasteiger partial charge in [-0.2, -0.15) is 5.10 Å². The Kier molecular flexibility index (Phi) is 4.30. The van der Waals surface area contributed by atoms with Gasteiger partial charge in [-0.05, 0) is 35.7 Å². The molecule has 27 heavy (non-hydrogen) atoms. The van der Waals surface area contributed by atoms with Crippen LogP contribution in [0.4, 0.5) is 10.2 Å². The summed E-state index contributed by atoms with van der Waals surface area (Å²) >= 11 is 0. The normalized spacial score (nSPS) is 20.3. The van der Waals surface area contributed by atoms with Crippen LogP contribution in [0.15, 0.2) is 42.5 Å². The summed E-state index contributed by atoms with van der Waals surface area (Å²) in [6.45, 7) is 6.00. The third-order valence-corrected chi connectivity index (χ3v) is 5.76. The lowest BCUT2D eigenvalue weighted by molar-refractivity contribution is 0.260. The van der Waals surface area contributed by atoms with Crippen molar-refractivity contribution in [3.05, 3.63) is 59.4 Å². The lowest BCUT2D eigenvalue weighted by atomic mass is 10.1. The van der Waals surface area contributed by atoms with Crippen molar-refractivity contribution in [2.75, 3.05) is 31.1 Å². The van der Waals surface area contributed by atoms with Crippen molar-refractivity contribution in [2.45, 2.75) is 25.6 Å². The number of H-pyrrole nitrogens is 1. The van der Waals surface area contributed by atoms with Crippen LogP contribution in [-0.2, 0) is 13.1 Å². The number of aromatic nitrogens is 2. The van der Waals surface area contributed by atoms with Gasteiger partial charge in [0, 0.05) is 50.7 Å². The summed E-state index contributed by atoms with van der Waals surface area (Å²) in [5, 5.41) is 12.1. The standard InChI is InChI=1S/C21H24FN5/c22-17-5-6-19-20(11-17)24-25-21(19)27-10-8-23-18(14-27)7-9-26-12-15-3-1-2-4-16(15)13-26/h1-6,11,18,23H,7-10,12-14H2,(H,24,25). The van der Waals surface area contributed by atoms with Gasteiger partial charge in [0.05, 0.1) is 5.52 Å². The number of halogens is 1. The molecule has 2 aliphatic rings. The highest BCUT2D eigenvalue weighted by Gasteiger charge is 2.24. The van der Waals surface area contributed by atoms with E-state index in [9.17, 15) is 4.39 Å². The molecule has 3 aromatic rings. The molecular weight excluding hydrogens is 341 g/mol. The van der Waals surface area contributed by atoms with E-state index in [0.29, 0.717) is 6.04 Å². The molecule has 0 amide bonds. The van der Waals surface area contributed by atoms with Crippen molar-refractivity contribution in [3.63, 3.8) is 0 Å². The number of nitrogens with zero attached hydrogens (tertiary/aromatic N) is 3. The molecule has 1 aromatic heterocycles. The molecular formula is C21H24FN5. The van der Waals surface area contributed by atoms with E-state index >= 15 is 0 Å². The molecule has 6 heteroatoms. The topological polar surface area (TPSA) is 47.2 Å².